The summed E-state index contributed by atoms with van der Waals surface area (Å²) in [5, 5.41) is 21.8. The van der Waals surface area contributed by atoms with Gasteiger partial charge in [0.15, 0.2) is 5.43 Å². The molecule has 1 aliphatic heterocycles. The number of hydrogen-bond donors (Lipinski definition) is 2. The summed E-state index contributed by atoms with van der Waals surface area (Å²) in [6.45, 7) is 2.33. The van der Waals surface area contributed by atoms with E-state index in [1.165, 1.54) is 11.1 Å². The number of rotatable bonds is 3. The van der Waals surface area contributed by atoms with E-state index in [1.54, 1.807) is 18.2 Å². The molecular formula is C21H20ClN3O4. The number of aliphatic hydroxyl groups is 1. The van der Waals surface area contributed by atoms with Crippen molar-refractivity contribution in [2.75, 3.05) is 32.7 Å². The van der Waals surface area contributed by atoms with Crippen molar-refractivity contribution < 1.29 is 15.0 Å². The molecule has 2 heterocycles. The van der Waals surface area contributed by atoms with Crippen LogP contribution < -0.4 is 5.43 Å². The zero-order valence-corrected chi connectivity index (χ0v) is 16.3. The SMILES string of the molecule is O=C(O)N1CCN(CC(O)c2ccc3ccc4ncc(Cl)cc4c(=O)c3c2)CC1. The van der Waals surface area contributed by atoms with Gasteiger partial charge in [-0.15, -0.1) is 0 Å². The average Bonchev–Trinajstić information content (AvgIpc) is 2.85. The van der Waals surface area contributed by atoms with Crippen molar-refractivity contribution in [3.05, 3.63) is 63.4 Å². The first kappa shape index (κ1) is 19.6. The average molecular weight is 414 g/mol. The van der Waals surface area contributed by atoms with Crippen LogP contribution in [0.2, 0.25) is 5.02 Å². The number of amides is 1. The number of fused-ring (bicyclic) bond motifs is 2. The Hall–Kier alpha value is -2.74. The number of carboxylic acid groups (broad SMARTS) is 1. The summed E-state index contributed by atoms with van der Waals surface area (Å²) in [4.78, 5) is 31.7. The van der Waals surface area contributed by atoms with Gasteiger partial charge >= 0.3 is 6.09 Å². The molecule has 8 heteroatoms. The molecule has 7 nitrogen and oxygen atoms in total. The minimum Gasteiger partial charge on any atom is -0.465 e. The summed E-state index contributed by atoms with van der Waals surface area (Å²) in [5.74, 6) is 0. The Morgan fingerprint density at radius 1 is 1.10 bits per heavy atom. The van der Waals surface area contributed by atoms with E-state index in [2.05, 4.69) is 4.98 Å². The highest BCUT2D eigenvalue weighted by molar-refractivity contribution is 6.31. The predicted molar refractivity (Wildman–Crippen MR) is 112 cm³/mol. The van der Waals surface area contributed by atoms with E-state index in [-0.39, 0.29) is 5.43 Å². The first-order valence-corrected chi connectivity index (χ1v) is 9.71. The third-order valence-corrected chi connectivity index (χ3v) is 5.54. The number of halogens is 1. The molecule has 0 saturated carbocycles. The van der Waals surface area contributed by atoms with Gasteiger partial charge in [-0.1, -0.05) is 29.8 Å². The summed E-state index contributed by atoms with van der Waals surface area (Å²) in [7, 11) is 0. The van der Waals surface area contributed by atoms with Crippen LogP contribution in [-0.2, 0) is 0 Å². The summed E-state index contributed by atoms with van der Waals surface area (Å²) in [6.07, 6.45) is -0.195. The van der Waals surface area contributed by atoms with Gasteiger partial charge in [-0.2, -0.15) is 0 Å². The third-order valence-electron chi connectivity index (χ3n) is 5.33. The van der Waals surface area contributed by atoms with Crippen LogP contribution in [0.3, 0.4) is 0 Å². The van der Waals surface area contributed by atoms with Gasteiger partial charge in [0.25, 0.3) is 0 Å². The van der Waals surface area contributed by atoms with Crippen molar-refractivity contribution >= 4 is 39.4 Å². The molecule has 1 amide bonds. The van der Waals surface area contributed by atoms with Crippen LogP contribution >= 0.6 is 11.6 Å². The van der Waals surface area contributed by atoms with Gasteiger partial charge in [0.05, 0.1) is 16.6 Å². The van der Waals surface area contributed by atoms with E-state index >= 15 is 0 Å². The topological polar surface area (TPSA) is 94.0 Å². The fraction of sp³-hybridized carbons (Fsp3) is 0.286. The highest BCUT2D eigenvalue weighted by Crippen LogP contribution is 2.22. The van der Waals surface area contributed by atoms with Crippen molar-refractivity contribution in [1.82, 2.24) is 14.8 Å². The molecule has 3 aromatic rings. The number of β-amino-alcohol motifs (C(OH)–C–C–N with tert-alkyl or cyclic N) is 1. The molecular weight excluding hydrogens is 394 g/mol. The maximum absolute atomic E-state index is 13.1. The normalized spacial score (nSPS) is 16.3. The van der Waals surface area contributed by atoms with Crippen LogP contribution in [0.25, 0.3) is 21.7 Å². The smallest absolute Gasteiger partial charge is 0.407 e. The molecule has 2 N–H and O–H groups in total. The Bertz CT molecular complexity index is 1150. The molecule has 1 unspecified atom stereocenters. The first-order valence-electron chi connectivity index (χ1n) is 9.33. The van der Waals surface area contributed by atoms with E-state index in [1.807, 2.05) is 23.1 Å². The standard InChI is InChI=1S/C21H20ClN3O4/c22-15-10-17-18(23-11-15)4-3-13-1-2-14(9-16(13)20(17)27)19(26)12-24-5-7-25(8-6-24)21(28)29/h1-4,9-11,19,26H,5-8,12H2,(H,28,29). The second-order valence-corrected chi connectivity index (χ2v) is 7.62. The van der Waals surface area contributed by atoms with E-state index in [9.17, 15) is 14.7 Å². The number of carbonyl (C=O) groups is 1. The molecule has 0 aliphatic carbocycles. The van der Waals surface area contributed by atoms with Crippen LogP contribution in [-0.4, -0.2) is 63.8 Å². The Balaban J connectivity index is 1.63. The Morgan fingerprint density at radius 2 is 1.83 bits per heavy atom. The van der Waals surface area contributed by atoms with Crippen molar-refractivity contribution in [3.63, 3.8) is 0 Å². The number of hydrogen-bond acceptors (Lipinski definition) is 5. The number of piperazine rings is 1. The van der Waals surface area contributed by atoms with Crippen LogP contribution in [0.15, 0.2) is 47.4 Å². The van der Waals surface area contributed by atoms with Gasteiger partial charge in [0.2, 0.25) is 0 Å². The molecule has 2 aromatic carbocycles. The van der Waals surface area contributed by atoms with Crippen molar-refractivity contribution in [1.29, 1.82) is 0 Å². The van der Waals surface area contributed by atoms with E-state index < -0.39 is 12.2 Å². The van der Waals surface area contributed by atoms with Gasteiger partial charge in [-0.05, 0) is 29.1 Å². The predicted octanol–water partition coefficient (Wildman–Crippen LogP) is 2.73. The number of aromatic nitrogens is 1. The molecule has 29 heavy (non-hydrogen) atoms. The van der Waals surface area contributed by atoms with Crippen molar-refractivity contribution in [3.8, 4) is 0 Å². The molecule has 1 aliphatic rings. The van der Waals surface area contributed by atoms with Gasteiger partial charge in [0, 0.05) is 49.7 Å². The van der Waals surface area contributed by atoms with E-state index in [0.717, 1.165) is 5.39 Å². The fourth-order valence-corrected chi connectivity index (χ4v) is 3.83. The lowest BCUT2D eigenvalue weighted by atomic mass is 10.0. The summed E-state index contributed by atoms with van der Waals surface area (Å²) in [6, 6.07) is 10.6. The number of benzene rings is 1. The fourth-order valence-electron chi connectivity index (χ4n) is 3.67. The maximum Gasteiger partial charge on any atom is 0.407 e. The number of aliphatic hydroxyl groups excluding tert-OH is 1. The summed E-state index contributed by atoms with van der Waals surface area (Å²) < 4.78 is 0. The molecule has 0 spiro atoms. The van der Waals surface area contributed by atoms with Crippen molar-refractivity contribution in [2.45, 2.75) is 6.10 Å². The number of pyridine rings is 1. The van der Waals surface area contributed by atoms with Gasteiger partial charge in [-0.3, -0.25) is 14.7 Å². The highest BCUT2D eigenvalue weighted by Gasteiger charge is 2.22. The lowest BCUT2D eigenvalue weighted by Crippen LogP contribution is -2.49. The quantitative estimate of drug-likeness (QED) is 0.685. The number of nitrogens with zero attached hydrogens (tertiary/aromatic N) is 3. The second-order valence-electron chi connectivity index (χ2n) is 7.18. The monoisotopic (exact) mass is 413 g/mol. The van der Waals surface area contributed by atoms with Gasteiger partial charge < -0.3 is 15.1 Å². The molecule has 1 atom stereocenters. The Labute approximate surface area is 171 Å². The molecule has 1 fully saturated rings. The minimum atomic E-state index is -0.919. The lowest BCUT2D eigenvalue weighted by molar-refractivity contribution is 0.0697. The molecule has 1 saturated heterocycles. The van der Waals surface area contributed by atoms with Crippen LogP contribution in [0, 0.1) is 0 Å². The Kier molecular flexibility index (Phi) is 5.36. The van der Waals surface area contributed by atoms with E-state index in [4.69, 9.17) is 16.7 Å². The Morgan fingerprint density at radius 3 is 2.55 bits per heavy atom. The third kappa shape index (κ3) is 4.03. The molecule has 1 aromatic heterocycles. The molecule has 0 bridgehead atoms. The molecule has 4 rings (SSSR count). The lowest BCUT2D eigenvalue weighted by Gasteiger charge is -2.34. The molecule has 150 valence electrons. The summed E-state index contributed by atoms with van der Waals surface area (Å²) >= 11 is 6.02. The largest absolute Gasteiger partial charge is 0.465 e. The van der Waals surface area contributed by atoms with Gasteiger partial charge in [-0.25, -0.2) is 4.79 Å². The molecule has 0 radical (unpaired) electrons. The van der Waals surface area contributed by atoms with E-state index in [0.29, 0.717) is 59.6 Å². The van der Waals surface area contributed by atoms with Crippen LogP contribution in [0.1, 0.15) is 11.7 Å². The first-order chi connectivity index (χ1) is 13.9. The minimum absolute atomic E-state index is 0.181. The zero-order valence-electron chi connectivity index (χ0n) is 15.6. The van der Waals surface area contributed by atoms with Crippen LogP contribution in [0.4, 0.5) is 4.79 Å². The highest BCUT2D eigenvalue weighted by atomic mass is 35.5. The van der Waals surface area contributed by atoms with Crippen LogP contribution in [0.5, 0.6) is 0 Å². The maximum atomic E-state index is 13.1. The van der Waals surface area contributed by atoms with Gasteiger partial charge in [0.1, 0.15) is 0 Å². The second kappa shape index (κ2) is 7.94. The zero-order chi connectivity index (χ0) is 20.5. The summed E-state index contributed by atoms with van der Waals surface area (Å²) in [5.41, 5.74) is 1.03. The van der Waals surface area contributed by atoms with Crippen molar-refractivity contribution in [2.24, 2.45) is 0 Å².